The molecular formula is C31H56N6O12S. The number of hydrogen-bond donors (Lipinski definition) is 3. The van der Waals surface area contributed by atoms with E-state index in [1.165, 1.54) is 0 Å². The molecule has 2 fully saturated rings. The standard InChI is InChI=1S/C31H56N6O12S/c32-36-33-6-10-43-14-18-47-22-24-49-20-16-45-12-8-37(7-11-44-15-19-48-23-21-46-17-13-42-9-5-29(39)40)28(38)4-2-1-3-27-30-26(25-50-27)34-31(41)35-30/h26-27,30H,1-25H2,(H,39,40)(H2,34,35,41)/t26-,27-,30-/m1/s1. The average Bonchev–Trinajstić information content (AvgIpc) is 3.66. The molecule has 18 nitrogen and oxygen atoms in total. The number of azide groups is 1. The van der Waals surface area contributed by atoms with E-state index in [2.05, 4.69) is 20.7 Å². The third-order valence-corrected chi connectivity index (χ3v) is 9.03. The molecule has 0 aromatic carbocycles. The number of thioether (sulfide) groups is 1. The fraction of sp³-hybridized carbons (Fsp3) is 0.903. The van der Waals surface area contributed by atoms with Crippen molar-refractivity contribution >= 4 is 29.7 Å². The van der Waals surface area contributed by atoms with E-state index in [9.17, 15) is 14.4 Å². The van der Waals surface area contributed by atoms with E-state index in [-0.39, 0.29) is 37.0 Å². The summed E-state index contributed by atoms with van der Waals surface area (Å²) in [6.45, 7) is 7.24. The number of amides is 3. The molecule has 2 heterocycles. The first-order valence-corrected chi connectivity index (χ1v) is 18.4. The Labute approximate surface area is 298 Å². The highest BCUT2D eigenvalue weighted by atomic mass is 32.2. The van der Waals surface area contributed by atoms with Gasteiger partial charge in [-0.3, -0.25) is 9.59 Å². The summed E-state index contributed by atoms with van der Waals surface area (Å²) in [6, 6.07) is 0.276. The van der Waals surface area contributed by atoms with E-state index >= 15 is 0 Å². The largest absolute Gasteiger partial charge is 0.481 e. The minimum Gasteiger partial charge on any atom is -0.481 e. The second-order valence-corrected chi connectivity index (χ2v) is 12.5. The van der Waals surface area contributed by atoms with Crippen LogP contribution in [0.1, 0.15) is 32.1 Å². The molecule has 3 N–H and O–H groups in total. The number of unbranched alkanes of at least 4 members (excludes halogenated alkanes) is 1. The van der Waals surface area contributed by atoms with Gasteiger partial charge < -0.3 is 58.5 Å². The summed E-state index contributed by atoms with van der Waals surface area (Å²) < 4.78 is 43.7. The molecule has 3 atom stereocenters. The van der Waals surface area contributed by atoms with E-state index < -0.39 is 5.97 Å². The topological polar surface area (TPSA) is 221 Å². The molecule has 0 aromatic heterocycles. The van der Waals surface area contributed by atoms with Crippen LogP contribution < -0.4 is 10.6 Å². The lowest BCUT2D eigenvalue weighted by molar-refractivity contribution is -0.138. The van der Waals surface area contributed by atoms with Gasteiger partial charge in [-0.25, -0.2) is 4.79 Å². The molecule has 0 radical (unpaired) electrons. The van der Waals surface area contributed by atoms with Crippen LogP contribution in [-0.2, 0) is 47.5 Å². The van der Waals surface area contributed by atoms with Gasteiger partial charge in [0.25, 0.3) is 0 Å². The zero-order valence-corrected chi connectivity index (χ0v) is 29.9. The maximum atomic E-state index is 13.1. The third-order valence-electron chi connectivity index (χ3n) is 7.52. The number of hydrogen-bond acceptors (Lipinski definition) is 13. The maximum absolute atomic E-state index is 13.1. The molecule has 0 aliphatic carbocycles. The first-order valence-electron chi connectivity index (χ1n) is 17.3. The highest BCUT2D eigenvalue weighted by Gasteiger charge is 2.42. The molecule has 0 spiro atoms. The van der Waals surface area contributed by atoms with Gasteiger partial charge in [0, 0.05) is 42.0 Å². The lowest BCUT2D eigenvalue weighted by Gasteiger charge is -2.23. The molecule has 288 valence electrons. The number of carbonyl (C=O) groups excluding carboxylic acids is 2. The average molecular weight is 737 g/mol. The second-order valence-electron chi connectivity index (χ2n) is 11.2. The fourth-order valence-electron chi connectivity index (χ4n) is 4.97. The number of ether oxygens (including phenoxy) is 8. The van der Waals surface area contributed by atoms with Crippen LogP contribution in [0.3, 0.4) is 0 Å². The minimum atomic E-state index is -0.893. The van der Waals surface area contributed by atoms with Gasteiger partial charge >= 0.3 is 12.0 Å². The van der Waals surface area contributed by atoms with Crippen LogP contribution in [-0.4, -0.2) is 176 Å². The Morgan fingerprint density at radius 3 is 1.76 bits per heavy atom. The SMILES string of the molecule is [N-]=[N+]=NCCOCCOCCOCCOCCN(CCOCCOCCOCCOCCC(=O)O)C(=O)CCCC[C@H]1SC[C@H]2NC(=O)N[C@H]21. The number of carboxylic acid groups (broad SMARTS) is 1. The van der Waals surface area contributed by atoms with Crippen molar-refractivity contribution in [2.75, 3.05) is 131 Å². The quantitative estimate of drug-likeness (QED) is 0.0276. The molecule has 50 heavy (non-hydrogen) atoms. The monoisotopic (exact) mass is 736 g/mol. The van der Waals surface area contributed by atoms with Gasteiger partial charge in [0.1, 0.15) is 0 Å². The van der Waals surface area contributed by atoms with Gasteiger partial charge in [-0.2, -0.15) is 11.8 Å². The normalized spacial score (nSPS) is 18.0. The molecule has 2 aliphatic heterocycles. The molecule has 0 aromatic rings. The van der Waals surface area contributed by atoms with Crippen LogP contribution in [0.25, 0.3) is 10.4 Å². The number of rotatable bonds is 35. The third kappa shape index (κ3) is 22.4. The number of carboxylic acids is 1. The van der Waals surface area contributed by atoms with Crippen LogP contribution in [0, 0.1) is 0 Å². The van der Waals surface area contributed by atoms with E-state index in [0.717, 1.165) is 25.0 Å². The van der Waals surface area contributed by atoms with Crippen molar-refractivity contribution in [3.05, 3.63) is 10.4 Å². The highest BCUT2D eigenvalue weighted by Crippen LogP contribution is 2.33. The van der Waals surface area contributed by atoms with Crippen LogP contribution in [0.4, 0.5) is 4.79 Å². The lowest BCUT2D eigenvalue weighted by atomic mass is 10.0. The smallest absolute Gasteiger partial charge is 0.315 e. The summed E-state index contributed by atoms with van der Waals surface area (Å²) in [6.07, 6.45) is 3.05. The van der Waals surface area contributed by atoms with Crippen molar-refractivity contribution in [1.29, 1.82) is 0 Å². The minimum absolute atomic E-state index is 0.0280. The Morgan fingerprint density at radius 2 is 1.24 bits per heavy atom. The van der Waals surface area contributed by atoms with E-state index in [4.69, 9.17) is 48.5 Å². The summed E-state index contributed by atoms with van der Waals surface area (Å²) in [5, 5.41) is 18.3. The van der Waals surface area contributed by atoms with Gasteiger partial charge in [0.2, 0.25) is 5.91 Å². The van der Waals surface area contributed by atoms with E-state index in [0.29, 0.717) is 130 Å². The number of aliphatic carboxylic acids is 1. The number of nitrogens with zero attached hydrogens (tertiary/aromatic N) is 4. The van der Waals surface area contributed by atoms with Gasteiger partial charge in [-0.15, -0.1) is 0 Å². The summed E-state index contributed by atoms with van der Waals surface area (Å²) >= 11 is 1.88. The van der Waals surface area contributed by atoms with Crippen molar-refractivity contribution in [3.8, 4) is 0 Å². The molecule has 19 heteroatoms. The van der Waals surface area contributed by atoms with Gasteiger partial charge in [0.15, 0.2) is 0 Å². The van der Waals surface area contributed by atoms with Gasteiger partial charge in [-0.05, 0) is 18.4 Å². The maximum Gasteiger partial charge on any atom is 0.315 e. The Kier molecular flexibility index (Phi) is 26.4. The first-order chi connectivity index (χ1) is 24.5. The summed E-state index contributed by atoms with van der Waals surface area (Å²) in [7, 11) is 0. The fourth-order valence-corrected chi connectivity index (χ4v) is 6.51. The van der Waals surface area contributed by atoms with E-state index in [1.54, 1.807) is 4.90 Å². The molecule has 2 aliphatic rings. The van der Waals surface area contributed by atoms with Crippen LogP contribution in [0.5, 0.6) is 0 Å². The summed E-state index contributed by atoms with van der Waals surface area (Å²) in [5.41, 5.74) is 8.21. The number of nitrogens with one attached hydrogen (secondary N) is 2. The van der Waals surface area contributed by atoms with Crippen molar-refractivity contribution in [2.45, 2.75) is 49.4 Å². The molecule has 3 amide bonds. The Bertz CT molecular complexity index is 937. The predicted molar refractivity (Wildman–Crippen MR) is 183 cm³/mol. The Balaban J connectivity index is 1.54. The van der Waals surface area contributed by atoms with E-state index in [1.807, 2.05) is 11.8 Å². The molecular weight excluding hydrogens is 680 g/mol. The second kappa shape index (κ2) is 30.2. The highest BCUT2D eigenvalue weighted by molar-refractivity contribution is 8.00. The number of carbonyl (C=O) groups is 3. The first kappa shape index (κ1) is 43.7. The molecule has 2 rings (SSSR count). The van der Waals surface area contributed by atoms with Gasteiger partial charge in [-0.1, -0.05) is 11.5 Å². The molecule has 0 saturated carbocycles. The van der Waals surface area contributed by atoms with Crippen molar-refractivity contribution in [1.82, 2.24) is 15.5 Å². The van der Waals surface area contributed by atoms with Crippen molar-refractivity contribution < 1.29 is 57.4 Å². The van der Waals surface area contributed by atoms with Crippen molar-refractivity contribution in [3.63, 3.8) is 0 Å². The van der Waals surface area contributed by atoms with Crippen molar-refractivity contribution in [2.24, 2.45) is 5.11 Å². The lowest BCUT2D eigenvalue weighted by Crippen LogP contribution is -2.37. The van der Waals surface area contributed by atoms with Crippen LogP contribution in [0.15, 0.2) is 5.11 Å². The summed E-state index contributed by atoms with van der Waals surface area (Å²) in [4.78, 5) is 39.6. The Hall–Kier alpha value is -2.45. The Morgan fingerprint density at radius 1 is 0.740 bits per heavy atom. The zero-order valence-electron chi connectivity index (χ0n) is 29.0. The van der Waals surface area contributed by atoms with Crippen LogP contribution >= 0.6 is 11.8 Å². The van der Waals surface area contributed by atoms with Gasteiger partial charge in [0.05, 0.1) is 124 Å². The molecule has 0 bridgehead atoms. The zero-order chi connectivity index (χ0) is 35.9. The predicted octanol–water partition coefficient (Wildman–Crippen LogP) is 1.46. The van der Waals surface area contributed by atoms with Crippen LogP contribution in [0.2, 0.25) is 0 Å². The number of fused-ring (bicyclic) bond motifs is 1. The molecule has 0 unspecified atom stereocenters. The molecule has 2 saturated heterocycles. The number of urea groups is 1. The summed E-state index contributed by atoms with van der Waals surface area (Å²) in [5.74, 6) is 0.0826.